The number of carbonyl (C=O) groups excluding carboxylic acids is 1. The van der Waals surface area contributed by atoms with E-state index >= 15 is 0 Å². The van der Waals surface area contributed by atoms with Crippen molar-refractivity contribution in [3.05, 3.63) is 56.6 Å². The van der Waals surface area contributed by atoms with Gasteiger partial charge in [0.25, 0.3) is 5.91 Å². The molecular formula is C21H24N4O2S. The van der Waals surface area contributed by atoms with Crippen LogP contribution in [0.15, 0.2) is 41.2 Å². The normalized spacial score (nSPS) is 20.9. The van der Waals surface area contributed by atoms with E-state index < -0.39 is 0 Å². The zero-order chi connectivity index (χ0) is 19.1. The smallest absolute Gasteiger partial charge is 0.326 e. The maximum atomic E-state index is 12.9. The summed E-state index contributed by atoms with van der Waals surface area (Å²) >= 11 is 1.62. The third kappa shape index (κ3) is 3.08. The standard InChI is InChI=1S/C21H24N4O2S/c26-20(19-8-7-18(28-19)16-5-3-11-22-16)24-12-9-14(10-13-24)25-17-6-2-1-4-15(17)23-21(25)27/h1-2,4,6-8,14,16,22H,3,5,9-13H2,(H,23,27). The van der Waals surface area contributed by atoms with Gasteiger partial charge in [-0.3, -0.25) is 9.36 Å². The van der Waals surface area contributed by atoms with Crippen LogP contribution in [-0.2, 0) is 0 Å². The van der Waals surface area contributed by atoms with E-state index in [0.717, 1.165) is 41.7 Å². The second kappa shape index (κ2) is 7.22. The lowest BCUT2D eigenvalue weighted by molar-refractivity contribution is 0.0700. The highest BCUT2D eigenvalue weighted by molar-refractivity contribution is 7.14. The van der Waals surface area contributed by atoms with E-state index in [2.05, 4.69) is 16.4 Å². The molecule has 1 aromatic carbocycles. The summed E-state index contributed by atoms with van der Waals surface area (Å²) < 4.78 is 1.87. The molecule has 1 unspecified atom stereocenters. The molecule has 3 aromatic rings. The Hall–Kier alpha value is -2.38. The van der Waals surface area contributed by atoms with Crippen molar-refractivity contribution in [3.8, 4) is 0 Å². The molecule has 2 aliphatic rings. The van der Waals surface area contributed by atoms with Gasteiger partial charge in [0.1, 0.15) is 0 Å². The number of imidazole rings is 1. The van der Waals surface area contributed by atoms with E-state index in [0.29, 0.717) is 19.1 Å². The lowest BCUT2D eigenvalue weighted by Crippen LogP contribution is -2.40. The number of hydrogen-bond acceptors (Lipinski definition) is 4. The fraction of sp³-hybridized carbons (Fsp3) is 0.429. The first-order chi connectivity index (χ1) is 13.7. The molecule has 2 saturated heterocycles. The molecule has 2 N–H and O–H groups in total. The number of rotatable bonds is 3. The first kappa shape index (κ1) is 17.7. The monoisotopic (exact) mass is 396 g/mol. The Bertz CT molecular complexity index is 1050. The molecule has 0 radical (unpaired) electrons. The minimum absolute atomic E-state index is 0.0575. The highest BCUT2D eigenvalue weighted by atomic mass is 32.1. The Morgan fingerprint density at radius 2 is 1.89 bits per heavy atom. The number of thiophene rings is 1. The molecule has 0 saturated carbocycles. The Morgan fingerprint density at radius 1 is 1.07 bits per heavy atom. The molecule has 0 spiro atoms. The van der Waals surface area contributed by atoms with Gasteiger partial charge in [-0.05, 0) is 56.5 Å². The fourth-order valence-corrected chi connectivity index (χ4v) is 5.59. The zero-order valence-corrected chi connectivity index (χ0v) is 16.5. The van der Waals surface area contributed by atoms with Gasteiger partial charge in [-0.25, -0.2) is 4.79 Å². The number of amides is 1. The Labute approximate surface area is 167 Å². The van der Waals surface area contributed by atoms with E-state index in [9.17, 15) is 9.59 Å². The Balaban J connectivity index is 1.28. The van der Waals surface area contributed by atoms with Crippen molar-refractivity contribution >= 4 is 28.3 Å². The number of para-hydroxylation sites is 2. The number of carbonyl (C=O) groups is 1. The first-order valence-electron chi connectivity index (χ1n) is 10.0. The average molecular weight is 397 g/mol. The molecule has 2 aromatic heterocycles. The lowest BCUT2D eigenvalue weighted by atomic mass is 10.0. The molecule has 2 fully saturated rings. The Kier molecular flexibility index (Phi) is 4.56. The third-order valence-electron chi connectivity index (χ3n) is 5.98. The number of aromatic amines is 1. The summed E-state index contributed by atoms with van der Waals surface area (Å²) in [5.74, 6) is 0.124. The number of hydrogen-bond donors (Lipinski definition) is 2. The topological polar surface area (TPSA) is 70.1 Å². The molecule has 28 heavy (non-hydrogen) atoms. The largest absolute Gasteiger partial charge is 0.338 e. The van der Waals surface area contributed by atoms with Gasteiger partial charge >= 0.3 is 5.69 Å². The van der Waals surface area contributed by atoms with Crippen LogP contribution in [0.2, 0.25) is 0 Å². The van der Waals surface area contributed by atoms with Gasteiger partial charge in [0.2, 0.25) is 0 Å². The van der Waals surface area contributed by atoms with Crippen LogP contribution < -0.4 is 11.0 Å². The van der Waals surface area contributed by atoms with Crippen molar-refractivity contribution in [1.82, 2.24) is 19.8 Å². The summed E-state index contributed by atoms with van der Waals surface area (Å²) in [5.41, 5.74) is 1.76. The predicted octanol–water partition coefficient (Wildman–Crippen LogP) is 3.29. The van der Waals surface area contributed by atoms with E-state index in [1.54, 1.807) is 11.3 Å². The van der Waals surface area contributed by atoms with Crippen molar-refractivity contribution < 1.29 is 4.79 Å². The van der Waals surface area contributed by atoms with Crippen LogP contribution in [0.4, 0.5) is 0 Å². The number of fused-ring (bicyclic) bond motifs is 1. The molecule has 4 heterocycles. The van der Waals surface area contributed by atoms with Gasteiger partial charge in [0, 0.05) is 30.1 Å². The van der Waals surface area contributed by atoms with Crippen LogP contribution in [0.25, 0.3) is 11.0 Å². The Morgan fingerprint density at radius 3 is 2.68 bits per heavy atom. The zero-order valence-electron chi connectivity index (χ0n) is 15.7. The maximum Gasteiger partial charge on any atom is 0.326 e. The highest BCUT2D eigenvalue weighted by Crippen LogP contribution is 2.31. The van der Waals surface area contributed by atoms with Gasteiger partial charge in [0.15, 0.2) is 0 Å². The van der Waals surface area contributed by atoms with Crippen LogP contribution >= 0.6 is 11.3 Å². The number of nitrogens with zero attached hydrogens (tertiary/aromatic N) is 2. The quantitative estimate of drug-likeness (QED) is 0.714. The van der Waals surface area contributed by atoms with E-state index in [1.807, 2.05) is 39.8 Å². The van der Waals surface area contributed by atoms with E-state index in [1.165, 1.54) is 11.3 Å². The van der Waals surface area contributed by atoms with Crippen LogP contribution in [0.1, 0.15) is 52.3 Å². The fourth-order valence-electron chi connectivity index (χ4n) is 4.50. The van der Waals surface area contributed by atoms with Crippen molar-refractivity contribution in [3.63, 3.8) is 0 Å². The highest BCUT2D eigenvalue weighted by Gasteiger charge is 2.28. The summed E-state index contributed by atoms with van der Waals surface area (Å²) in [7, 11) is 0. The first-order valence-corrected chi connectivity index (χ1v) is 10.8. The predicted molar refractivity (Wildman–Crippen MR) is 111 cm³/mol. The van der Waals surface area contributed by atoms with Crippen LogP contribution in [0, 0.1) is 0 Å². The summed E-state index contributed by atoms with van der Waals surface area (Å²) in [6.45, 7) is 2.43. The number of piperidine rings is 1. The van der Waals surface area contributed by atoms with Gasteiger partial charge in [-0.1, -0.05) is 12.1 Å². The number of likely N-dealkylation sites (tertiary alicyclic amines) is 1. The molecule has 5 rings (SSSR count). The van der Waals surface area contributed by atoms with Crippen LogP contribution in [0.3, 0.4) is 0 Å². The second-order valence-electron chi connectivity index (χ2n) is 7.69. The molecule has 2 aliphatic heterocycles. The van der Waals surface area contributed by atoms with Gasteiger partial charge in [0.05, 0.1) is 15.9 Å². The van der Waals surface area contributed by atoms with Crippen molar-refractivity contribution in [2.24, 2.45) is 0 Å². The van der Waals surface area contributed by atoms with Crippen LogP contribution in [0.5, 0.6) is 0 Å². The second-order valence-corrected chi connectivity index (χ2v) is 8.81. The minimum Gasteiger partial charge on any atom is -0.338 e. The number of benzene rings is 1. The van der Waals surface area contributed by atoms with Crippen molar-refractivity contribution in [2.45, 2.75) is 37.8 Å². The summed E-state index contributed by atoms with van der Waals surface area (Å²) in [6.07, 6.45) is 3.96. The van der Waals surface area contributed by atoms with E-state index in [4.69, 9.17) is 0 Å². The molecule has 7 heteroatoms. The van der Waals surface area contributed by atoms with Crippen molar-refractivity contribution in [2.75, 3.05) is 19.6 Å². The summed E-state index contributed by atoms with van der Waals surface area (Å²) in [6, 6.07) is 12.4. The van der Waals surface area contributed by atoms with Gasteiger partial charge in [-0.15, -0.1) is 11.3 Å². The molecule has 6 nitrogen and oxygen atoms in total. The maximum absolute atomic E-state index is 12.9. The molecule has 0 bridgehead atoms. The van der Waals surface area contributed by atoms with Gasteiger partial charge in [-0.2, -0.15) is 0 Å². The lowest BCUT2D eigenvalue weighted by Gasteiger charge is -2.32. The number of H-pyrrole nitrogens is 1. The van der Waals surface area contributed by atoms with Gasteiger partial charge < -0.3 is 15.2 Å². The molecule has 0 aliphatic carbocycles. The molecule has 146 valence electrons. The molecular weight excluding hydrogens is 372 g/mol. The molecule has 1 amide bonds. The number of nitrogens with one attached hydrogen (secondary N) is 2. The minimum atomic E-state index is -0.0575. The summed E-state index contributed by atoms with van der Waals surface area (Å²) in [4.78, 5) is 32.3. The van der Waals surface area contributed by atoms with E-state index in [-0.39, 0.29) is 17.6 Å². The number of aromatic nitrogens is 2. The SMILES string of the molecule is O=C(c1ccc(C2CCCN2)s1)N1CCC(n2c(=O)[nH]c3ccccc32)CC1. The average Bonchev–Trinajstić information content (AvgIpc) is 3.46. The van der Waals surface area contributed by atoms with Crippen molar-refractivity contribution in [1.29, 1.82) is 0 Å². The summed E-state index contributed by atoms with van der Waals surface area (Å²) in [5, 5.41) is 3.50. The van der Waals surface area contributed by atoms with Crippen LogP contribution in [-0.4, -0.2) is 40.0 Å². The third-order valence-corrected chi connectivity index (χ3v) is 7.17. The molecule has 1 atom stereocenters.